The van der Waals surface area contributed by atoms with Gasteiger partial charge in [0, 0.05) is 31.9 Å². The molecule has 26 heavy (non-hydrogen) atoms. The molecule has 3 rings (SSSR count). The van der Waals surface area contributed by atoms with E-state index < -0.39 is 0 Å². The Balaban J connectivity index is 1.52. The first-order chi connectivity index (χ1) is 12.5. The predicted octanol–water partition coefficient (Wildman–Crippen LogP) is 3.21. The van der Waals surface area contributed by atoms with Gasteiger partial charge in [-0.05, 0) is 43.7 Å². The molecule has 1 amide bonds. The molecular formula is C21H26FN3O. The third-order valence-corrected chi connectivity index (χ3v) is 5.09. The van der Waals surface area contributed by atoms with E-state index in [-0.39, 0.29) is 23.8 Å². The number of amides is 1. The number of rotatable bonds is 5. The molecular weight excluding hydrogens is 329 g/mol. The van der Waals surface area contributed by atoms with Crippen LogP contribution in [0.15, 0.2) is 54.6 Å². The van der Waals surface area contributed by atoms with Crippen molar-refractivity contribution in [2.75, 3.05) is 31.1 Å². The Hall–Kier alpha value is -2.40. The molecule has 5 heteroatoms. The Labute approximate surface area is 154 Å². The topological polar surface area (TPSA) is 35.6 Å². The Kier molecular flexibility index (Phi) is 5.89. The van der Waals surface area contributed by atoms with E-state index in [1.165, 1.54) is 12.1 Å². The average molecular weight is 355 g/mol. The second kappa shape index (κ2) is 8.32. The fraction of sp³-hybridized carbons (Fsp3) is 0.381. The molecule has 0 aliphatic carbocycles. The third kappa shape index (κ3) is 4.41. The smallest absolute Gasteiger partial charge is 0.237 e. The van der Waals surface area contributed by atoms with Crippen LogP contribution < -0.4 is 10.2 Å². The number of carbonyl (C=O) groups excluding carboxylic acids is 1. The van der Waals surface area contributed by atoms with E-state index in [9.17, 15) is 9.18 Å². The highest BCUT2D eigenvalue weighted by molar-refractivity contribution is 5.81. The standard InChI is InChI=1S/C21H26FN3O/c1-16(18-6-4-3-5-7-18)23-21(26)17(2)24-12-14-25(15-13-24)20-10-8-19(22)9-11-20/h3-11,16-17H,12-15H2,1-2H3,(H,23,26)/t16-,17-/m0/s1. The lowest BCUT2D eigenvalue weighted by molar-refractivity contribution is -0.126. The van der Waals surface area contributed by atoms with Gasteiger partial charge in [0.25, 0.3) is 0 Å². The molecule has 0 unspecified atom stereocenters. The molecule has 1 saturated heterocycles. The minimum absolute atomic E-state index is 0.00773. The highest BCUT2D eigenvalue weighted by Gasteiger charge is 2.26. The molecule has 138 valence electrons. The zero-order valence-corrected chi connectivity index (χ0v) is 15.4. The van der Waals surface area contributed by atoms with Crippen LogP contribution in [0.2, 0.25) is 0 Å². The third-order valence-electron chi connectivity index (χ3n) is 5.09. The van der Waals surface area contributed by atoms with Crippen LogP contribution in [0.4, 0.5) is 10.1 Å². The van der Waals surface area contributed by atoms with Crippen molar-refractivity contribution in [3.05, 3.63) is 66.0 Å². The summed E-state index contributed by atoms with van der Waals surface area (Å²) in [5, 5.41) is 3.11. The number of anilines is 1. The summed E-state index contributed by atoms with van der Waals surface area (Å²) in [5.41, 5.74) is 2.13. The Morgan fingerprint density at radius 3 is 2.19 bits per heavy atom. The Morgan fingerprint density at radius 1 is 0.962 bits per heavy atom. The highest BCUT2D eigenvalue weighted by atomic mass is 19.1. The van der Waals surface area contributed by atoms with E-state index >= 15 is 0 Å². The molecule has 4 nitrogen and oxygen atoms in total. The van der Waals surface area contributed by atoms with Crippen LogP contribution in [0, 0.1) is 5.82 Å². The van der Waals surface area contributed by atoms with Crippen molar-refractivity contribution in [2.24, 2.45) is 0 Å². The van der Waals surface area contributed by atoms with Crippen molar-refractivity contribution in [2.45, 2.75) is 25.9 Å². The molecule has 1 aliphatic heterocycles. The van der Waals surface area contributed by atoms with E-state index in [0.29, 0.717) is 0 Å². The molecule has 2 aromatic carbocycles. The number of hydrogen-bond donors (Lipinski definition) is 1. The molecule has 0 radical (unpaired) electrons. The van der Waals surface area contributed by atoms with Gasteiger partial charge in [-0.1, -0.05) is 30.3 Å². The zero-order chi connectivity index (χ0) is 18.5. The van der Waals surface area contributed by atoms with Crippen molar-refractivity contribution in [1.29, 1.82) is 0 Å². The van der Waals surface area contributed by atoms with Crippen LogP contribution in [-0.2, 0) is 4.79 Å². The van der Waals surface area contributed by atoms with Gasteiger partial charge in [-0.25, -0.2) is 4.39 Å². The number of halogens is 1. The first kappa shape index (κ1) is 18.4. The number of piperazine rings is 1. The molecule has 1 fully saturated rings. The fourth-order valence-electron chi connectivity index (χ4n) is 3.34. The van der Waals surface area contributed by atoms with Gasteiger partial charge in [-0.3, -0.25) is 9.69 Å². The van der Waals surface area contributed by atoms with Crippen LogP contribution >= 0.6 is 0 Å². The number of nitrogens with zero attached hydrogens (tertiary/aromatic N) is 2. The summed E-state index contributed by atoms with van der Waals surface area (Å²) < 4.78 is 13.1. The van der Waals surface area contributed by atoms with Gasteiger partial charge in [-0.15, -0.1) is 0 Å². The number of nitrogens with one attached hydrogen (secondary N) is 1. The fourth-order valence-corrected chi connectivity index (χ4v) is 3.34. The maximum atomic E-state index is 13.1. The van der Waals surface area contributed by atoms with Gasteiger partial charge < -0.3 is 10.2 Å². The summed E-state index contributed by atoms with van der Waals surface area (Å²) in [6.45, 7) is 7.25. The van der Waals surface area contributed by atoms with E-state index in [0.717, 1.165) is 37.4 Å². The molecule has 2 aromatic rings. The van der Waals surface area contributed by atoms with E-state index in [2.05, 4.69) is 15.1 Å². The lowest BCUT2D eigenvalue weighted by atomic mass is 10.1. The minimum atomic E-state index is -0.217. The van der Waals surface area contributed by atoms with E-state index in [4.69, 9.17) is 0 Å². The summed E-state index contributed by atoms with van der Waals surface area (Å²) in [6.07, 6.45) is 0. The SMILES string of the molecule is C[C@H](NC(=O)[C@H](C)N1CCN(c2ccc(F)cc2)CC1)c1ccccc1. The van der Waals surface area contributed by atoms with Crippen LogP contribution in [0.5, 0.6) is 0 Å². The number of hydrogen-bond acceptors (Lipinski definition) is 3. The predicted molar refractivity (Wildman–Crippen MR) is 103 cm³/mol. The van der Waals surface area contributed by atoms with Crippen molar-refractivity contribution in [3.8, 4) is 0 Å². The summed E-state index contributed by atoms with van der Waals surface area (Å²) in [4.78, 5) is 17.0. The Bertz CT molecular complexity index is 712. The molecule has 2 atom stereocenters. The summed E-state index contributed by atoms with van der Waals surface area (Å²) in [6, 6.07) is 16.4. The summed E-state index contributed by atoms with van der Waals surface area (Å²) in [5.74, 6) is -0.165. The first-order valence-electron chi connectivity index (χ1n) is 9.14. The molecule has 0 saturated carbocycles. The van der Waals surface area contributed by atoms with Gasteiger partial charge in [0.15, 0.2) is 0 Å². The Morgan fingerprint density at radius 2 is 1.58 bits per heavy atom. The number of carbonyl (C=O) groups is 1. The van der Waals surface area contributed by atoms with Gasteiger partial charge in [0.2, 0.25) is 5.91 Å². The van der Waals surface area contributed by atoms with Crippen molar-refractivity contribution >= 4 is 11.6 Å². The second-order valence-electron chi connectivity index (χ2n) is 6.82. The first-order valence-corrected chi connectivity index (χ1v) is 9.14. The average Bonchev–Trinajstić information content (AvgIpc) is 2.69. The molecule has 0 spiro atoms. The van der Waals surface area contributed by atoms with E-state index in [1.807, 2.05) is 56.3 Å². The van der Waals surface area contributed by atoms with Crippen LogP contribution in [0.1, 0.15) is 25.5 Å². The molecule has 0 aromatic heterocycles. The van der Waals surface area contributed by atoms with Gasteiger partial charge in [-0.2, -0.15) is 0 Å². The van der Waals surface area contributed by atoms with Gasteiger partial charge in [0.05, 0.1) is 12.1 Å². The van der Waals surface area contributed by atoms with Crippen LogP contribution in [0.3, 0.4) is 0 Å². The van der Waals surface area contributed by atoms with Crippen molar-refractivity contribution < 1.29 is 9.18 Å². The van der Waals surface area contributed by atoms with Crippen molar-refractivity contribution in [1.82, 2.24) is 10.2 Å². The van der Waals surface area contributed by atoms with Crippen LogP contribution in [-0.4, -0.2) is 43.0 Å². The quantitative estimate of drug-likeness (QED) is 0.895. The lowest BCUT2D eigenvalue weighted by Crippen LogP contribution is -2.54. The summed E-state index contributed by atoms with van der Waals surface area (Å²) in [7, 11) is 0. The summed E-state index contributed by atoms with van der Waals surface area (Å²) >= 11 is 0. The molecule has 1 heterocycles. The molecule has 1 aliphatic rings. The maximum absolute atomic E-state index is 13.1. The molecule has 0 bridgehead atoms. The highest BCUT2D eigenvalue weighted by Crippen LogP contribution is 2.18. The van der Waals surface area contributed by atoms with Crippen molar-refractivity contribution in [3.63, 3.8) is 0 Å². The zero-order valence-electron chi connectivity index (χ0n) is 15.4. The normalized spacial score (nSPS) is 17.6. The number of benzene rings is 2. The van der Waals surface area contributed by atoms with Gasteiger partial charge in [0.1, 0.15) is 5.82 Å². The second-order valence-corrected chi connectivity index (χ2v) is 6.82. The minimum Gasteiger partial charge on any atom is -0.369 e. The maximum Gasteiger partial charge on any atom is 0.237 e. The van der Waals surface area contributed by atoms with Crippen LogP contribution in [0.25, 0.3) is 0 Å². The van der Waals surface area contributed by atoms with E-state index in [1.54, 1.807) is 0 Å². The lowest BCUT2D eigenvalue weighted by Gasteiger charge is -2.38. The van der Waals surface area contributed by atoms with Gasteiger partial charge >= 0.3 is 0 Å². The largest absolute Gasteiger partial charge is 0.369 e. The molecule has 1 N–H and O–H groups in total. The monoisotopic (exact) mass is 355 g/mol.